The van der Waals surface area contributed by atoms with Gasteiger partial charge in [0, 0.05) is 0 Å². The number of allylic oxidation sites excluding steroid dienone is 3. The molecule has 0 spiro atoms. The fraction of sp³-hybridized carbons (Fsp3) is 0.450. The van der Waals surface area contributed by atoms with Crippen LogP contribution >= 0.6 is 0 Å². The summed E-state index contributed by atoms with van der Waals surface area (Å²) in [5.74, 6) is 0.213. The van der Waals surface area contributed by atoms with Gasteiger partial charge in [-0.05, 0) is 42.7 Å². The summed E-state index contributed by atoms with van der Waals surface area (Å²) in [7, 11) is 0. The molecule has 0 saturated heterocycles. The normalized spacial score (nSPS) is 21.8. The predicted octanol–water partition coefficient (Wildman–Crippen LogP) is 4.70. The number of esters is 1. The molecule has 0 heterocycles. The van der Waals surface area contributed by atoms with Gasteiger partial charge in [-0.1, -0.05) is 55.8 Å². The van der Waals surface area contributed by atoms with E-state index in [2.05, 4.69) is 52.5 Å². The number of carbonyl (C=O) groups is 1. The Morgan fingerprint density at radius 2 is 1.82 bits per heavy atom. The standard InChI is InChI=1S/C20H26O2/c1-6-7-15-8-10-16(11-9-15)13-22-19(21)18-17(12-14(2)3)20(18,4)5/h6,8-12,17-18H,1,7,13H2,2-5H3. The average molecular weight is 298 g/mol. The van der Waals surface area contributed by atoms with E-state index in [1.54, 1.807) is 0 Å². The van der Waals surface area contributed by atoms with E-state index in [-0.39, 0.29) is 17.3 Å². The van der Waals surface area contributed by atoms with E-state index < -0.39 is 0 Å². The van der Waals surface area contributed by atoms with Gasteiger partial charge < -0.3 is 4.74 Å². The molecule has 2 unspecified atom stereocenters. The van der Waals surface area contributed by atoms with Gasteiger partial charge in [0.15, 0.2) is 0 Å². The molecule has 1 fully saturated rings. The number of carbonyl (C=O) groups excluding carboxylic acids is 1. The van der Waals surface area contributed by atoms with Crippen LogP contribution in [0.15, 0.2) is 48.6 Å². The number of rotatable bonds is 6. The van der Waals surface area contributed by atoms with Crippen molar-refractivity contribution in [3.63, 3.8) is 0 Å². The summed E-state index contributed by atoms with van der Waals surface area (Å²) in [4.78, 5) is 12.3. The van der Waals surface area contributed by atoms with Crippen molar-refractivity contribution in [1.29, 1.82) is 0 Å². The molecule has 2 heteroatoms. The van der Waals surface area contributed by atoms with Gasteiger partial charge in [0.25, 0.3) is 0 Å². The monoisotopic (exact) mass is 298 g/mol. The third-order valence-electron chi connectivity index (χ3n) is 4.46. The molecule has 0 radical (unpaired) electrons. The fourth-order valence-electron chi connectivity index (χ4n) is 2.98. The number of hydrogen-bond donors (Lipinski definition) is 0. The van der Waals surface area contributed by atoms with E-state index in [9.17, 15) is 4.79 Å². The maximum Gasteiger partial charge on any atom is 0.310 e. The second-order valence-electron chi connectivity index (χ2n) is 6.99. The van der Waals surface area contributed by atoms with Gasteiger partial charge in [0.1, 0.15) is 6.61 Å². The lowest BCUT2D eigenvalue weighted by Crippen LogP contribution is -2.10. The smallest absolute Gasteiger partial charge is 0.310 e. The largest absolute Gasteiger partial charge is 0.461 e. The maximum absolute atomic E-state index is 12.3. The highest BCUT2D eigenvalue weighted by Crippen LogP contribution is 2.59. The third-order valence-corrected chi connectivity index (χ3v) is 4.46. The molecule has 2 rings (SSSR count). The van der Waals surface area contributed by atoms with Gasteiger partial charge in [0.05, 0.1) is 5.92 Å². The van der Waals surface area contributed by atoms with Crippen molar-refractivity contribution in [3.05, 3.63) is 59.7 Å². The maximum atomic E-state index is 12.3. The van der Waals surface area contributed by atoms with Crippen LogP contribution in [0, 0.1) is 17.3 Å². The molecule has 1 aromatic rings. The van der Waals surface area contributed by atoms with Crippen molar-refractivity contribution >= 4 is 5.97 Å². The topological polar surface area (TPSA) is 26.3 Å². The van der Waals surface area contributed by atoms with Crippen LogP contribution in [-0.4, -0.2) is 5.97 Å². The molecular weight excluding hydrogens is 272 g/mol. The molecule has 0 bridgehead atoms. The highest BCUT2D eigenvalue weighted by molar-refractivity contribution is 5.78. The highest BCUT2D eigenvalue weighted by Gasteiger charge is 2.61. The summed E-state index contributed by atoms with van der Waals surface area (Å²) < 4.78 is 5.51. The molecule has 1 aromatic carbocycles. The van der Waals surface area contributed by atoms with Crippen LogP contribution in [-0.2, 0) is 22.6 Å². The Morgan fingerprint density at radius 1 is 1.23 bits per heavy atom. The van der Waals surface area contributed by atoms with Crippen molar-refractivity contribution in [2.24, 2.45) is 17.3 Å². The minimum absolute atomic E-state index is 0.0116. The van der Waals surface area contributed by atoms with Gasteiger partial charge in [-0.15, -0.1) is 6.58 Å². The Hall–Kier alpha value is -1.83. The van der Waals surface area contributed by atoms with Gasteiger partial charge >= 0.3 is 5.97 Å². The molecule has 2 atom stereocenters. The highest BCUT2D eigenvalue weighted by atomic mass is 16.5. The summed E-state index contributed by atoms with van der Waals surface area (Å²) >= 11 is 0. The van der Waals surface area contributed by atoms with Crippen molar-refractivity contribution in [2.75, 3.05) is 0 Å². The van der Waals surface area contributed by atoms with Crippen LogP contribution in [0.2, 0.25) is 0 Å². The zero-order valence-electron chi connectivity index (χ0n) is 14.1. The lowest BCUT2D eigenvalue weighted by molar-refractivity contribution is -0.147. The first kappa shape index (κ1) is 16.5. The summed E-state index contributed by atoms with van der Waals surface area (Å²) in [6, 6.07) is 8.13. The Bertz CT molecular complexity index is 574. The van der Waals surface area contributed by atoms with Gasteiger partial charge in [-0.2, -0.15) is 0 Å². The molecule has 1 saturated carbocycles. The first-order valence-corrected chi connectivity index (χ1v) is 7.86. The SMILES string of the molecule is C=CCc1ccc(COC(=O)C2C(C=C(C)C)C2(C)C)cc1. The molecule has 1 aliphatic carbocycles. The van der Waals surface area contributed by atoms with Gasteiger partial charge in [-0.25, -0.2) is 0 Å². The molecular formula is C20H26O2. The third kappa shape index (κ3) is 3.68. The van der Waals surface area contributed by atoms with E-state index in [0.29, 0.717) is 12.5 Å². The van der Waals surface area contributed by atoms with Crippen LogP contribution in [0.3, 0.4) is 0 Å². The average Bonchev–Trinajstić information content (AvgIpc) is 2.98. The molecule has 0 aromatic heterocycles. The molecule has 22 heavy (non-hydrogen) atoms. The Balaban J connectivity index is 1.90. The summed E-state index contributed by atoms with van der Waals surface area (Å²) in [6.07, 6.45) is 4.93. The molecule has 1 aliphatic rings. The van der Waals surface area contributed by atoms with Crippen molar-refractivity contribution in [3.8, 4) is 0 Å². The molecule has 0 amide bonds. The first-order valence-electron chi connectivity index (χ1n) is 7.86. The number of ether oxygens (including phenoxy) is 1. The lowest BCUT2D eigenvalue weighted by atomic mass is 10.1. The summed E-state index contributed by atoms with van der Waals surface area (Å²) in [5, 5.41) is 0. The van der Waals surface area contributed by atoms with Crippen LogP contribution < -0.4 is 0 Å². The van der Waals surface area contributed by atoms with E-state index in [0.717, 1.165) is 12.0 Å². The lowest BCUT2D eigenvalue weighted by Gasteiger charge is -2.06. The number of benzene rings is 1. The molecule has 2 nitrogen and oxygen atoms in total. The Labute approximate surface area is 133 Å². The van der Waals surface area contributed by atoms with Crippen molar-refractivity contribution < 1.29 is 9.53 Å². The quantitative estimate of drug-likeness (QED) is 0.562. The number of hydrogen-bond acceptors (Lipinski definition) is 2. The summed E-state index contributed by atoms with van der Waals surface area (Å²) in [5.41, 5.74) is 3.52. The second kappa shape index (κ2) is 6.51. The minimum Gasteiger partial charge on any atom is -0.461 e. The van der Waals surface area contributed by atoms with Gasteiger partial charge in [-0.3, -0.25) is 4.79 Å². The summed E-state index contributed by atoms with van der Waals surface area (Å²) in [6.45, 7) is 12.5. The van der Waals surface area contributed by atoms with Crippen LogP contribution in [0.4, 0.5) is 0 Å². The van der Waals surface area contributed by atoms with Crippen LogP contribution in [0.1, 0.15) is 38.8 Å². The first-order chi connectivity index (χ1) is 10.4. The second-order valence-corrected chi connectivity index (χ2v) is 6.99. The van der Waals surface area contributed by atoms with Crippen LogP contribution in [0.25, 0.3) is 0 Å². The minimum atomic E-state index is -0.0809. The predicted molar refractivity (Wildman–Crippen MR) is 90.3 cm³/mol. The van der Waals surface area contributed by atoms with E-state index in [1.165, 1.54) is 11.1 Å². The van der Waals surface area contributed by atoms with Crippen LogP contribution in [0.5, 0.6) is 0 Å². The van der Waals surface area contributed by atoms with Crippen molar-refractivity contribution in [2.45, 2.75) is 40.7 Å². The molecule has 0 aliphatic heterocycles. The van der Waals surface area contributed by atoms with E-state index >= 15 is 0 Å². The zero-order chi connectivity index (χ0) is 16.3. The fourth-order valence-corrected chi connectivity index (χ4v) is 2.98. The van der Waals surface area contributed by atoms with Gasteiger partial charge in [0.2, 0.25) is 0 Å². The van der Waals surface area contributed by atoms with E-state index in [4.69, 9.17) is 4.74 Å². The Kier molecular flexibility index (Phi) is 4.90. The zero-order valence-corrected chi connectivity index (χ0v) is 14.1. The van der Waals surface area contributed by atoms with E-state index in [1.807, 2.05) is 18.2 Å². The Morgan fingerprint density at radius 3 is 2.36 bits per heavy atom. The molecule has 118 valence electrons. The molecule has 0 N–H and O–H groups in total. The van der Waals surface area contributed by atoms with Crippen molar-refractivity contribution in [1.82, 2.24) is 0 Å².